The van der Waals surface area contributed by atoms with Gasteiger partial charge in [-0.05, 0) is 49.8 Å². The number of nitrogens with one attached hydrogen (secondary N) is 1. The summed E-state index contributed by atoms with van der Waals surface area (Å²) in [5.74, 6) is 0.867. The maximum Gasteiger partial charge on any atom is 0.416 e. The molecule has 0 aliphatic heterocycles. The molecule has 3 aliphatic rings. The van der Waals surface area contributed by atoms with Crippen molar-refractivity contribution >= 4 is 0 Å². The second-order valence-corrected chi connectivity index (χ2v) is 5.75. The number of rotatable bonds is 3. The molecule has 1 nitrogen and oxygen atoms in total. The van der Waals surface area contributed by atoms with Gasteiger partial charge in [-0.1, -0.05) is 12.1 Å². The summed E-state index contributed by atoms with van der Waals surface area (Å²) in [6, 6.07) is 5.60. The van der Waals surface area contributed by atoms with Crippen LogP contribution in [0.3, 0.4) is 0 Å². The molecule has 1 aromatic carbocycles. The highest BCUT2D eigenvalue weighted by Gasteiger charge is 2.56. The molecule has 1 unspecified atom stereocenters. The van der Waals surface area contributed by atoms with Crippen LogP contribution >= 0.6 is 0 Å². The van der Waals surface area contributed by atoms with Gasteiger partial charge in [-0.25, -0.2) is 0 Å². The Morgan fingerprint density at radius 2 is 1.94 bits per heavy atom. The van der Waals surface area contributed by atoms with Gasteiger partial charge in [-0.3, -0.25) is 0 Å². The van der Waals surface area contributed by atoms with Crippen LogP contribution < -0.4 is 5.32 Å². The second-order valence-electron chi connectivity index (χ2n) is 5.75. The standard InChI is InChI=1S/C14H16F3N/c1-9(18-13-6-10(7-13)8-13)11-3-2-4-12(5-11)14(15,16)17/h2-5,9-10,18H,6-8H2,1H3. The first-order chi connectivity index (χ1) is 8.38. The second kappa shape index (κ2) is 3.73. The quantitative estimate of drug-likeness (QED) is 0.863. The van der Waals surface area contributed by atoms with E-state index in [4.69, 9.17) is 0 Å². The lowest BCUT2D eigenvalue weighted by molar-refractivity contribution is -0.137. The molecule has 1 atom stereocenters. The third-order valence-corrected chi connectivity index (χ3v) is 4.27. The smallest absolute Gasteiger partial charge is 0.305 e. The van der Waals surface area contributed by atoms with Crippen LogP contribution in [-0.2, 0) is 6.18 Å². The van der Waals surface area contributed by atoms with Crippen molar-refractivity contribution in [2.75, 3.05) is 0 Å². The number of alkyl halides is 3. The molecule has 3 saturated carbocycles. The van der Waals surface area contributed by atoms with E-state index >= 15 is 0 Å². The molecule has 3 aliphatic carbocycles. The fraction of sp³-hybridized carbons (Fsp3) is 0.571. The highest BCUT2D eigenvalue weighted by molar-refractivity contribution is 5.28. The molecule has 1 N–H and O–H groups in total. The molecule has 18 heavy (non-hydrogen) atoms. The van der Waals surface area contributed by atoms with E-state index in [1.54, 1.807) is 6.07 Å². The Balaban J connectivity index is 1.74. The lowest BCUT2D eigenvalue weighted by Gasteiger charge is -2.63. The maximum absolute atomic E-state index is 12.6. The van der Waals surface area contributed by atoms with Crippen molar-refractivity contribution in [1.29, 1.82) is 0 Å². The van der Waals surface area contributed by atoms with Gasteiger partial charge in [-0.2, -0.15) is 13.2 Å². The maximum atomic E-state index is 12.6. The Bertz CT molecular complexity index is 449. The molecule has 0 heterocycles. The van der Waals surface area contributed by atoms with Gasteiger partial charge in [0.1, 0.15) is 0 Å². The Hall–Kier alpha value is -1.03. The molecule has 0 radical (unpaired) electrons. The SMILES string of the molecule is CC(NC12CC(C1)C2)c1cccc(C(F)(F)F)c1. The van der Waals surface area contributed by atoms with Crippen LogP contribution in [0.4, 0.5) is 13.2 Å². The zero-order valence-electron chi connectivity index (χ0n) is 10.2. The van der Waals surface area contributed by atoms with E-state index < -0.39 is 11.7 Å². The molecule has 0 saturated heterocycles. The van der Waals surface area contributed by atoms with Crippen LogP contribution in [0.2, 0.25) is 0 Å². The van der Waals surface area contributed by atoms with E-state index in [-0.39, 0.29) is 11.6 Å². The molecule has 2 bridgehead atoms. The zero-order chi connectivity index (χ0) is 13.0. The topological polar surface area (TPSA) is 12.0 Å². The summed E-state index contributed by atoms with van der Waals surface area (Å²) in [7, 11) is 0. The fourth-order valence-electron chi connectivity index (χ4n) is 3.18. The Labute approximate surface area is 104 Å². The summed E-state index contributed by atoms with van der Waals surface area (Å²) >= 11 is 0. The lowest BCUT2D eigenvalue weighted by Crippen LogP contribution is -2.67. The monoisotopic (exact) mass is 255 g/mol. The van der Waals surface area contributed by atoms with Crippen LogP contribution in [0.5, 0.6) is 0 Å². The van der Waals surface area contributed by atoms with E-state index in [2.05, 4.69) is 5.32 Å². The van der Waals surface area contributed by atoms with Crippen molar-refractivity contribution in [1.82, 2.24) is 5.32 Å². The number of halogens is 3. The van der Waals surface area contributed by atoms with Gasteiger partial charge in [0.25, 0.3) is 0 Å². The van der Waals surface area contributed by atoms with Gasteiger partial charge < -0.3 is 5.32 Å². The third kappa shape index (κ3) is 1.92. The van der Waals surface area contributed by atoms with Gasteiger partial charge >= 0.3 is 6.18 Å². The van der Waals surface area contributed by atoms with Crippen molar-refractivity contribution in [2.45, 2.75) is 43.9 Å². The number of hydrogen-bond donors (Lipinski definition) is 1. The van der Waals surface area contributed by atoms with Crippen LogP contribution in [0, 0.1) is 5.92 Å². The molecule has 4 heteroatoms. The molecule has 4 rings (SSSR count). The summed E-state index contributed by atoms with van der Waals surface area (Å²) in [4.78, 5) is 0. The summed E-state index contributed by atoms with van der Waals surface area (Å²) in [6.07, 6.45) is -0.686. The van der Waals surface area contributed by atoms with E-state index in [0.29, 0.717) is 0 Å². The highest BCUT2D eigenvalue weighted by Crippen LogP contribution is 2.57. The normalized spacial score (nSPS) is 31.4. The molecule has 98 valence electrons. The molecular weight excluding hydrogens is 239 g/mol. The van der Waals surface area contributed by atoms with Crippen molar-refractivity contribution < 1.29 is 13.2 Å². The van der Waals surface area contributed by atoms with Gasteiger partial charge in [0.05, 0.1) is 5.56 Å². The van der Waals surface area contributed by atoms with E-state index in [1.807, 2.05) is 6.92 Å². The Morgan fingerprint density at radius 1 is 1.28 bits per heavy atom. The first kappa shape index (κ1) is 12.0. The predicted molar refractivity (Wildman–Crippen MR) is 63.1 cm³/mol. The molecule has 0 aromatic heterocycles. The predicted octanol–water partition coefficient (Wildman–Crippen LogP) is 3.91. The summed E-state index contributed by atoms with van der Waals surface area (Å²) in [5.41, 5.74) is 0.388. The largest absolute Gasteiger partial charge is 0.416 e. The Morgan fingerprint density at radius 3 is 2.44 bits per heavy atom. The van der Waals surface area contributed by atoms with Crippen molar-refractivity contribution in [3.8, 4) is 0 Å². The van der Waals surface area contributed by atoms with Gasteiger partial charge in [0.2, 0.25) is 0 Å². The lowest BCUT2D eigenvalue weighted by atomic mass is 9.49. The summed E-state index contributed by atoms with van der Waals surface area (Å²) < 4.78 is 37.9. The molecule has 3 fully saturated rings. The van der Waals surface area contributed by atoms with Crippen molar-refractivity contribution in [2.24, 2.45) is 5.92 Å². The molecule has 0 amide bonds. The molecular formula is C14H16F3N. The van der Waals surface area contributed by atoms with Crippen LogP contribution in [0.15, 0.2) is 24.3 Å². The van der Waals surface area contributed by atoms with Gasteiger partial charge in [-0.15, -0.1) is 0 Å². The minimum Gasteiger partial charge on any atom is -0.305 e. The van der Waals surface area contributed by atoms with Crippen molar-refractivity contribution in [3.63, 3.8) is 0 Å². The molecule has 0 spiro atoms. The van der Waals surface area contributed by atoms with E-state index in [1.165, 1.54) is 31.4 Å². The van der Waals surface area contributed by atoms with Crippen LogP contribution in [-0.4, -0.2) is 5.54 Å². The average molecular weight is 255 g/mol. The van der Waals surface area contributed by atoms with Crippen LogP contribution in [0.25, 0.3) is 0 Å². The van der Waals surface area contributed by atoms with Gasteiger partial charge in [0, 0.05) is 11.6 Å². The highest BCUT2D eigenvalue weighted by atomic mass is 19.4. The van der Waals surface area contributed by atoms with E-state index in [9.17, 15) is 13.2 Å². The number of benzene rings is 1. The summed E-state index contributed by atoms with van der Waals surface area (Å²) in [6.45, 7) is 1.94. The van der Waals surface area contributed by atoms with Crippen molar-refractivity contribution in [3.05, 3.63) is 35.4 Å². The van der Waals surface area contributed by atoms with E-state index in [0.717, 1.165) is 17.5 Å². The molecule has 1 aromatic rings. The van der Waals surface area contributed by atoms with Crippen LogP contribution in [0.1, 0.15) is 43.4 Å². The zero-order valence-corrected chi connectivity index (χ0v) is 10.2. The van der Waals surface area contributed by atoms with Gasteiger partial charge in [0.15, 0.2) is 0 Å². The third-order valence-electron chi connectivity index (χ3n) is 4.27. The average Bonchev–Trinajstić information content (AvgIpc) is 2.20. The fourth-order valence-corrected chi connectivity index (χ4v) is 3.18. The minimum absolute atomic E-state index is 0.0199. The summed E-state index contributed by atoms with van der Waals surface area (Å²) in [5, 5.41) is 3.49. The first-order valence-corrected chi connectivity index (χ1v) is 6.33. The number of hydrogen-bond acceptors (Lipinski definition) is 1. The Kier molecular flexibility index (Phi) is 2.49. The minimum atomic E-state index is -4.26. The first-order valence-electron chi connectivity index (χ1n) is 6.33.